The maximum absolute atomic E-state index is 5.19. The number of benzene rings is 7. The van der Waals surface area contributed by atoms with Crippen LogP contribution in [0.25, 0.3) is 104 Å². The van der Waals surface area contributed by atoms with Crippen LogP contribution in [0, 0.1) is 0 Å². The van der Waals surface area contributed by atoms with Gasteiger partial charge in [0, 0.05) is 59.4 Å². The summed E-state index contributed by atoms with van der Waals surface area (Å²) >= 11 is 1.85. The van der Waals surface area contributed by atoms with E-state index in [1.807, 2.05) is 54.1 Å². The molecule has 5 nitrogen and oxygen atoms in total. The third-order valence-corrected chi connectivity index (χ3v) is 11.8. The lowest BCUT2D eigenvalue weighted by molar-refractivity contribution is 1.07. The number of pyridine rings is 1. The Morgan fingerprint density at radius 2 is 0.964 bits per heavy atom. The molecule has 262 valence electrons. The minimum absolute atomic E-state index is 0.604. The Bertz CT molecular complexity index is 3190. The van der Waals surface area contributed by atoms with Crippen LogP contribution in [0.5, 0.6) is 0 Å². The third-order valence-electron chi connectivity index (χ3n) is 10.6. The average molecular weight is 734 g/mol. The minimum atomic E-state index is 0.604. The fourth-order valence-corrected chi connectivity index (χ4v) is 9.16. The molecule has 0 fully saturated rings. The van der Waals surface area contributed by atoms with E-state index in [1.54, 1.807) is 0 Å². The molecule has 56 heavy (non-hydrogen) atoms. The van der Waals surface area contributed by atoms with Crippen molar-refractivity contribution in [1.82, 2.24) is 24.5 Å². The fraction of sp³-hybridized carbons (Fsp3) is 0. The monoisotopic (exact) mass is 733 g/mol. The van der Waals surface area contributed by atoms with E-state index in [4.69, 9.17) is 15.0 Å². The van der Waals surface area contributed by atoms with Crippen molar-refractivity contribution >= 4 is 53.3 Å². The van der Waals surface area contributed by atoms with Crippen LogP contribution >= 0.6 is 11.3 Å². The van der Waals surface area contributed by atoms with Crippen LogP contribution in [0.15, 0.2) is 188 Å². The Kier molecular flexibility index (Phi) is 7.60. The zero-order chi connectivity index (χ0) is 37.0. The Balaban J connectivity index is 1.08. The summed E-state index contributed by atoms with van der Waals surface area (Å²) in [6, 6.07) is 61.7. The molecule has 0 atom stereocenters. The molecule has 11 aromatic rings. The average Bonchev–Trinajstić information content (AvgIpc) is 3.83. The van der Waals surface area contributed by atoms with E-state index in [-0.39, 0.29) is 0 Å². The highest BCUT2D eigenvalue weighted by Gasteiger charge is 2.19. The van der Waals surface area contributed by atoms with Crippen molar-refractivity contribution in [3.63, 3.8) is 0 Å². The van der Waals surface area contributed by atoms with E-state index in [0.29, 0.717) is 17.5 Å². The predicted molar refractivity (Wildman–Crippen MR) is 232 cm³/mol. The molecule has 0 saturated carbocycles. The van der Waals surface area contributed by atoms with Crippen LogP contribution in [0.4, 0.5) is 0 Å². The Morgan fingerprint density at radius 1 is 0.393 bits per heavy atom. The Labute approximate surface area is 326 Å². The van der Waals surface area contributed by atoms with Gasteiger partial charge in [-0.25, -0.2) is 15.0 Å². The van der Waals surface area contributed by atoms with E-state index >= 15 is 0 Å². The third kappa shape index (κ3) is 5.38. The molecule has 7 aromatic carbocycles. The second kappa shape index (κ2) is 13.2. The molecule has 0 bridgehead atoms. The zero-order valence-corrected chi connectivity index (χ0v) is 30.9. The van der Waals surface area contributed by atoms with Gasteiger partial charge in [-0.05, 0) is 41.0 Å². The maximum Gasteiger partial charge on any atom is 0.164 e. The molecule has 0 radical (unpaired) electrons. The minimum Gasteiger partial charge on any atom is -0.307 e. The highest BCUT2D eigenvalue weighted by molar-refractivity contribution is 7.26. The summed E-state index contributed by atoms with van der Waals surface area (Å²) in [5.74, 6) is 1.85. The van der Waals surface area contributed by atoms with Crippen LogP contribution in [-0.4, -0.2) is 24.5 Å². The van der Waals surface area contributed by atoms with Crippen LogP contribution < -0.4 is 0 Å². The molecule has 0 amide bonds. The van der Waals surface area contributed by atoms with Gasteiger partial charge < -0.3 is 4.57 Å². The topological polar surface area (TPSA) is 56.5 Å². The normalized spacial score (nSPS) is 11.6. The van der Waals surface area contributed by atoms with Crippen molar-refractivity contribution in [3.05, 3.63) is 188 Å². The summed E-state index contributed by atoms with van der Waals surface area (Å²) in [7, 11) is 0. The quantitative estimate of drug-likeness (QED) is 0.171. The molecule has 4 heterocycles. The van der Waals surface area contributed by atoms with Crippen molar-refractivity contribution in [2.24, 2.45) is 0 Å². The summed E-state index contributed by atoms with van der Waals surface area (Å²) in [5, 5.41) is 4.92. The van der Waals surface area contributed by atoms with Gasteiger partial charge in [-0.2, -0.15) is 0 Å². The fourth-order valence-electron chi connectivity index (χ4n) is 7.92. The van der Waals surface area contributed by atoms with Gasteiger partial charge in [-0.1, -0.05) is 152 Å². The van der Waals surface area contributed by atoms with Crippen LogP contribution in [0.1, 0.15) is 0 Å². The second-order valence-electron chi connectivity index (χ2n) is 13.9. The lowest BCUT2D eigenvalue weighted by atomic mass is 10.0. The molecule has 0 aliphatic carbocycles. The first kappa shape index (κ1) is 32.2. The van der Waals surface area contributed by atoms with E-state index in [1.165, 1.54) is 31.1 Å². The molecule has 0 N–H and O–H groups in total. The first-order valence-corrected chi connectivity index (χ1v) is 19.4. The largest absolute Gasteiger partial charge is 0.307 e. The van der Waals surface area contributed by atoms with E-state index in [0.717, 1.165) is 55.5 Å². The molecular formula is C50H31N5S. The molecule has 0 spiro atoms. The van der Waals surface area contributed by atoms with Gasteiger partial charge in [0.25, 0.3) is 0 Å². The van der Waals surface area contributed by atoms with Gasteiger partial charge >= 0.3 is 0 Å². The molecule has 0 saturated heterocycles. The standard InChI is InChI=1S/C50H31N5S/c1-3-12-32(13-4-1)37-27-26-36(30-44(37)55-43-20-9-7-16-39(43)40-28-29-51-31-45(40)55)50-53-48(34-14-5-2-6-15-34)52-49(54-50)35-24-22-33(23-25-35)38-18-11-19-42-41-17-8-10-21-46(41)56-47(38)42/h1-31H. The van der Waals surface area contributed by atoms with Crippen molar-refractivity contribution in [2.75, 3.05) is 0 Å². The summed E-state index contributed by atoms with van der Waals surface area (Å²) < 4.78 is 4.91. The summed E-state index contributed by atoms with van der Waals surface area (Å²) in [5.41, 5.74) is 10.5. The van der Waals surface area contributed by atoms with Crippen molar-refractivity contribution in [3.8, 4) is 62.1 Å². The number of hydrogen-bond acceptors (Lipinski definition) is 5. The van der Waals surface area contributed by atoms with Crippen LogP contribution in [-0.2, 0) is 0 Å². The van der Waals surface area contributed by atoms with Crippen molar-refractivity contribution < 1.29 is 0 Å². The van der Waals surface area contributed by atoms with Gasteiger partial charge in [0.05, 0.1) is 22.9 Å². The molecule has 11 rings (SSSR count). The molecule has 6 heteroatoms. The summed E-state index contributed by atoms with van der Waals surface area (Å²) in [4.78, 5) is 19.9. The number of thiophene rings is 1. The van der Waals surface area contributed by atoms with Gasteiger partial charge in [0.2, 0.25) is 0 Å². The second-order valence-corrected chi connectivity index (χ2v) is 14.9. The van der Waals surface area contributed by atoms with Gasteiger partial charge in [-0.15, -0.1) is 11.3 Å². The van der Waals surface area contributed by atoms with Gasteiger partial charge in [0.1, 0.15) is 0 Å². The molecule has 0 unspecified atom stereocenters. The predicted octanol–water partition coefficient (Wildman–Crippen LogP) is 13.1. The molecule has 4 aromatic heterocycles. The molecule has 0 aliphatic heterocycles. The zero-order valence-electron chi connectivity index (χ0n) is 30.0. The highest BCUT2D eigenvalue weighted by atomic mass is 32.1. The molecular weight excluding hydrogens is 703 g/mol. The van der Waals surface area contributed by atoms with Gasteiger partial charge in [-0.3, -0.25) is 4.98 Å². The Morgan fingerprint density at radius 3 is 1.75 bits per heavy atom. The van der Waals surface area contributed by atoms with Crippen LogP contribution in [0.3, 0.4) is 0 Å². The SMILES string of the molecule is c1ccc(-c2nc(-c3ccc(-c4cccc5c4sc4ccccc45)cc3)nc(-c3ccc(-c4ccccc4)c(-n4c5ccccc5c5ccncc54)c3)n2)cc1. The summed E-state index contributed by atoms with van der Waals surface area (Å²) in [6.07, 6.45) is 3.82. The lowest BCUT2D eigenvalue weighted by Crippen LogP contribution is -2.02. The number of hydrogen-bond donors (Lipinski definition) is 0. The van der Waals surface area contributed by atoms with Crippen molar-refractivity contribution in [2.45, 2.75) is 0 Å². The Hall–Kier alpha value is -7.28. The number of fused-ring (bicyclic) bond motifs is 6. The van der Waals surface area contributed by atoms with E-state index in [2.05, 4.69) is 155 Å². The van der Waals surface area contributed by atoms with Crippen LogP contribution in [0.2, 0.25) is 0 Å². The lowest BCUT2D eigenvalue weighted by Gasteiger charge is -2.16. The molecule has 0 aliphatic rings. The van der Waals surface area contributed by atoms with E-state index in [9.17, 15) is 0 Å². The highest BCUT2D eigenvalue weighted by Crippen LogP contribution is 2.41. The number of rotatable bonds is 6. The first-order chi connectivity index (χ1) is 27.8. The maximum atomic E-state index is 5.19. The number of para-hydroxylation sites is 1. The summed E-state index contributed by atoms with van der Waals surface area (Å²) in [6.45, 7) is 0. The smallest absolute Gasteiger partial charge is 0.164 e. The van der Waals surface area contributed by atoms with Gasteiger partial charge in [0.15, 0.2) is 17.5 Å². The van der Waals surface area contributed by atoms with Crippen molar-refractivity contribution in [1.29, 1.82) is 0 Å². The number of nitrogens with zero attached hydrogens (tertiary/aromatic N) is 5. The number of aromatic nitrogens is 5. The first-order valence-electron chi connectivity index (χ1n) is 18.6. The van der Waals surface area contributed by atoms with E-state index < -0.39 is 0 Å².